The van der Waals surface area contributed by atoms with E-state index in [1.54, 1.807) is 0 Å². The van der Waals surface area contributed by atoms with E-state index in [9.17, 15) is 0 Å². The van der Waals surface area contributed by atoms with E-state index >= 15 is 0 Å². The van der Waals surface area contributed by atoms with E-state index in [2.05, 4.69) is 230 Å². The van der Waals surface area contributed by atoms with Crippen LogP contribution >= 0.6 is 11.3 Å². The van der Waals surface area contributed by atoms with Crippen molar-refractivity contribution >= 4 is 31.5 Å². The zero-order valence-electron chi connectivity index (χ0n) is 37.3. The molecule has 2 heterocycles. The van der Waals surface area contributed by atoms with Gasteiger partial charge in [-0.2, -0.15) is 0 Å². The van der Waals surface area contributed by atoms with Gasteiger partial charge in [-0.25, -0.2) is 9.97 Å². The highest BCUT2D eigenvalue weighted by atomic mass is 32.1. The molecule has 11 rings (SSSR count). The van der Waals surface area contributed by atoms with E-state index < -0.39 is 5.41 Å². The number of hydrogen-bond acceptors (Lipinski definition) is 3. The quantitative estimate of drug-likeness (QED) is 0.167. The molecule has 0 saturated heterocycles. The summed E-state index contributed by atoms with van der Waals surface area (Å²) in [5.41, 5.74) is 17.2. The van der Waals surface area contributed by atoms with Gasteiger partial charge in [0.1, 0.15) is 0 Å². The van der Waals surface area contributed by atoms with Crippen LogP contribution in [0.2, 0.25) is 0 Å². The second-order valence-electron chi connectivity index (χ2n) is 19.4. The van der Waals surface area contributed by atoms with Crippen LogP contribution in [0.1, 0.15) is 74.9 Å². The second kappa shape index (κ2) is 15.1. The van der Waals surface area contributed by atoms with Gasteiger partial charge in [-0.1, -0.05) is 199 Å². The Balaban J connectivity index is 1.08. The Morgan fingerprint density at radius 1 is 0.375 bits per heavy atom. The fourth-order valence-electron chi connectivity index (χ4n) is 9.89. The fraction of sp³-hybridized carbons (Fsp3) is 0.148. The fourth-order valence-corrected chi connectivity index (χ4v) is 11.0. The van der Waals surface area contributed by atoms with E-state index in [0.29, 0.717) is 5.82 Å². The van der Waals surface area contributed by atoms with E-state index in [1.807, 2.05) is 17.4 Å². The summed E-state index contributed by atoms with van der Waals surface area (Å²) < 4.78 is 2.57. The van der Waals surface area contributed by atoms with E-state index in [1.165, 1.54) is 70.2 Å². The number of aromatic nitrogens is 2. The van der Waals surface area contributed by atoms with Gasteiger partial charge in [-0.3, -0.25) is 0 Å². The van der Waals surface area contributed by atoms with Crippen molar-refractivity contribution in [1.29, 1.82) is 0 Å². The molecule has 310 valence electrons. The average molecular weight is 843 g/mol. The highest BCUT2D eigenvalue weighted by Gasteiger charge is 2.46. The summed E-state index contributed by atoms with van der Waals surface area (Å²) in [7, 11) is 0. The molecule has 0 N–H and O–H groups in total. The zero-order valence-corrected chi connectivity index (χ0v) is 38.1. The summed E-state index contributed by atoms with van der Waals surface area (Å²) in [5, 5.41) is 2.53. The Morgan fingerprint density at radius 2 is 0.906 bits per heavy atom. The van der Waals surface area contributed by atoms with E-state index in [0.717, 1.165) is 33.6 Å². The maximum atomic E-state index is 5.26. The largest absolute Gasteiger partial charge is 0.228 e. The molecule has 0 fully saturated rings. The molecule has 3 heteroatoms. The first-order valence-electron chi connectivity index (χ1n) is 22.4. The van der Waals surface area contributed by atoms with Crippen molar-refractivity contribution in [2.24, 2.45) is 0 Å². The summed E-state index contributed by atoms with van der Waals surface area (Å²) in [6.07, 6.45) is 0. The number of benzene rings is 8. The van der Waals surface area contributed by atoms with Crippen LogP contribution in [0.15, 0.2) is 194 Å². The van der Waals surface area contributed by atoms with Crippen LogP contribution in [0, 0.1) is 0 Å². The molecule has 64 heavy (non-hydrogen) atoms. The maximum Gasteiger partial charge on any atom is 0.160 e. The first-order chi connectivity index (χ1) is 30.9. The lowest BCUT2D eigenvalue weighted by Crippen LogP contribution is -2.29. The van der Waals surface area contributed by atoms with Crippen LogP contribution in [0.3, 0.4) is 0 Å². The Morgan fingerprint density at radius 3 is 1.59 bits per heavy atom. The molecule has 0 amide bonds. The Hall–Kier alpha value is -6.94. The van der Waals surface area contributed by atoms with Gasteiger partial charge >= 0.3 is 0 Å². The normalized spacial score (nSPS) is 13.3. The van der Waals surface area contributed by atoms with Gasteiger partial charge < -0.3 is 0 Å². The smallest absolute Gasteiger partial charge is 0.160 e. The summed E-state index contributed by atoms with van der Waals surface area (Å²) in [5.74, 6) is 0.712. The first kappa shape index (κ1) is 39.9. The minimum atomic E-state index is -0.520. The zero-order chi connectivity index (χ0) is 43.8. The third-order valence-corrected chi connectivity index (χ3v) is 14.5. The Kier molecular flexibility index (Phi) is 9.41. The molecule has 0 saturated carbocycles. The van der Waals surface area contributed by atoms with Gasteiger partial charge in [0, 0.05) is 36.9 Å². The predicted molar refractivity (Wildman–Crippen MR) is 271 cm³/mol. The molecule has 0 spiro atoms. The lowest BCUT2D eigenvalue weighted by Gasteiger charge is -2.35. The van der Waals surface area contributed by atoms with Crippen LogP contribution in [-0.4, -0.2) is 9.97 Å². The van der Waals surface area contributed by atoms with Crippen molar-refractivity contribution in [3.8, 4) is 56.2 Å². The highest BCUT2D eigenvalue weighted by Crippen LogP contribution is 2.57. The molecule has 0 radical (unpaired) electrons. The van der Waals surface area contributed by atoms with Crippen LogP contribution in [0.4, 0.5) is 0 Å². The van der Waals surface area contributed by atoms with E-state index in [4.69, 9.17) is 9.97 Å². The number of thiophene rings is 1. The molecule has 0 bridgehead atoms. The monoisotopic (exact) mass is 842 g/mol. The van der Waals surface area contributed by atoms with Crippen LogP contribution in [-0.2, 0) is 16.2 Å². The summed E-state index contributed by atoms with van der Waals surface area (Å²) in [6, 6.07) is 71.9. The van der Waals surface area contributed by atoms with Crippen LogP contribution in [0.5, 0.6) is 0 Å². The summed E-state index contributed by atoms with van der Waals surface area (Å²) in [4.78, 5) is 10.5. The van der Waals surface area contributed by atoms with Crippen molar-refractivity contribution in [2.75, 3.05) is 0 Å². The molecular weight excluding hydrogens is 793 g/mol. The van der Waals surface area contributed by atoms with Gasteiger partial charge in [0.2, 0.25) is 0 Å². The Labute approximate surface area is 381 Å². The SMILES string of the molecule is CC(C)(C)c1ccc(C2(c3ccc(C(C)(C)C)cc3)c3ccccc3-c3ccc(-c4cccc(-c5cc(-c6ccc7sc8ccccc8c7c6)nc(-c6ccccc6)n5)c4)cc32)cc1. The molecule has 0 aliphatic heterocycles. The first-order valence-corrected chi connectivity index (χ1v) is 23.2. The highest BCUT2D eigenvalue weighted by molar-refractivity contribution is 7.25. The van der Waals surface area contributed by atoms with E-state index in [-0.39, 0.29) is 10.8 Å². The lowest BCUT2D eigenvalue weighted by molar-refractivity contribution is 0.588. The topological polar surface area (TPSA) is 25.8 Å². The van der Waals surface area contributed by atoms with Crippen molar-refractivity contribution in [3.63, 3.8) is 0 Å². The molecule has 2 aromatic heterocycles. The van der Waals surface area contributed by atoms with Gasteiger partial charge in [0.15, 0.2) is 5.82 Å². The van der Waals surface area contributed by atoms with Crippen molar-refractivity contribution in [3.05, 3.63) is 228 Å². The summed E-state index contributed by atoms with van der Waals surface area (Å²) >= 11 is 1.84. The van der Waals surface area contributed by atoms with Gasteiger partial charge in [-0.05, 0) is 103 Å². The second-order valence-corrected chi connectivity index (χ2v) is 20.5. The van der Waals surface area contributed by atoms with Crippen molar-refractivity contribution < 1.29 is 0 Å². The number of hydrogen-bond donors (Lipinski definition) is 0. The average Bonchev–Trinajstić information content (AvgIpc) is 3.84. The third kappa shape index (κ3) is 6.69. The molecule has 1 aliphatic carbocycles. The maximum absolute atomic E-state index is 5.26. The number of nitrogens with zero attached hydrogens (tertiary/aromatic N) is 2. The number of fused-ring (bicyclic) bond motifs is 6. The molecule has 2 nitrogen and oxygen atoms in total. The molecule has 8 aromatic carbocycles. The third-order valence-electron chi connectivity index (χ3n) is 13.3. The molecule has 10 aromatic rings. The minimum Gasteiger partial charge on any atom is -0.228 e. The molecule has 0 atom stereocenters. The minimum absolute atomic E-state index is 0.0442. The van der Waals surface area contributed by atoms with Gasteiger partial charge in [0.05, 0.1) is 16.8 Å². The number of rotatable bonds is 6. The van der Waals surface area contributed by atoms with Crippen molar-refractivity contribution in [2.45, 2.75) is 57.8 Å². The summed E-state index contributed by atoms with van der Waals surface area (Å²) in [6.45, 7) is 13.7. The molecular formula is C61H50N2S. The standard InChI is InChI=1S/C61H50N2S/c1-59(2,3)44-25-29-46(30-26-44)61(47-31-27-45(28-32-47)60(4,5)6)52-21-12-10-19-48(52)49-33-23-41(37-53(49)61)40-17-14-18-42(35-40)54-38-55(63-58(62-54)39-15-8-7-9-16-39)43-24-34-57-51(36-43)50-20-11-13-22-56(50)64-57/h7-38H,1-6H3. The lowest BCUT2D eigenvalue weighted by atomic mass is 9.66. The Bertz CT molecular complexity index is 3320. The molecule has 1 aliphatic rings. The predicted octanol–water partition coefficient (Wildman–Crippen LogP) is 16.5. The van der Waals surface area contributed by atoms with Crippen molar-refractivity contribution in [1.82, 2.24) is 9.97 Å². The van der Waals surface area contributed by atoms with Gasteiger partial charge in [-0.15, -0.1) is 11.3 Å². The molecule has 0 unspecified atom stereocenters. The van der Waals surface area contributed by atoms with Crippen LogP contribution in [0.25, 0.3) is 76.3 Å². The van der Waals surface area contributed by atoms with Gasteiger partial charge in [0.25, 0.3) is 0 Å². The van der Waals surface area contributed by atoms with Crippen LogP contribution < -0.4 is 0 Å².